The largest absolute Gasteiger partial charge is 0.480 e. The van der Waals surface area contributed by atoms with Crippen molar-refractivity contribution >= 4 is 52.4 Å². The van der Waals surface area contributed by atoms with E-state index in [1.807, 2.05) is 0 Å². The summed E-state index contributed by atoms with van der Waals surface area (Å²) < 4.78 is -0.165. The number of hydrogen-bond acceptors (Lipinski definition) is 1. The predicted molar refractivity (Wildman–Crippen MR) is 58.4 cm³/mol. The van der Waals surface area contributed by atoms with Crippen LogP contribution in [0.15, 0.2) is 10.1 Å². The molecule has 0 radical (unpaired) electrons. The van der Waals surface area contributed by atoms with Gasteiger partial charge in [0.25, 0.3) is 0 Å². The summed E-state index contributed by atoms with van der Waals surface area (Å²) in [5.74, 6) is -1.19. The molecule has 0 aromatic rings. The first-order chi connectivity index (χ1) is 6.17. The van der Waals surface area contributed by atoms with Crippen molar-refractivity contribution in [1.29, 1.82) is 0 Å². The molecule has 2 unspecified atom stereocenters. The molecule has 1 saturated carbocycles. The van der Waals surface area contributed by atoms with Crippen LogP contribution in [0.5, 0.6) is 0 Å². The zero-order chi connectivity index (χ0) is 11.3. The standard InChI is InChI=1S/C8H8Cl4O2/c1-7(2)4(9)3(5(10)11)8(7,12)6(13)14/h4H,1-2H3,(H,13,14). The lowest BCUT2D eigenvalue weighted by Gasteiger charge is -2.54. The highest BCUT2D eigenvalue weighted by Crippen LogP contribution is 2.62. The minimum atomic E-state index is -1.60. The van der Waals surface area contributed by atoms with Crippen LogP contribution in [0.4, 0.5) is 0 Å². The van der Waals surface area contributed by atoms with Gasteiger partial charge < -0.3 is 5.11 Å². The molecule has 0 aromatic carbocycles. The average Bonchev–Trinajstić information content (AvgIpc) is 2.02. The van der Waals surface area contributed by atoms with Crippen molar-refractivity contribution in [2.45, 2.75) is 24.1 Å². The lowest BCUT2D eigenvalue weighted by molar-refractivity contribution is -0.144. The Morgan fingerprint density at radius 1 is 1.43 bits per heavy atom. The fourth-order valence-electron chi connectivity index (χ4n) is 1.60. The first kappa shape index (κ1) is 12.4. The number of hydrogen-bond donors (Lipinski definition) is 1. The second kappa shape index (κ2) is 3.44. The van der Waals surface area contributed by atoms with Gasteiger partial charge in [0.15, 0.2) is 4.87 Å². The fourth-order valence-corrected chi connectivity index (χ4v) is 3.17. The molecule has 0 spiro atoms. The molecule has 6 heteroatoms. The van der Waals surface area contributed by atoms with Crippen LogP contribution in [0.2, 0.25) is 0 Å². The van der Waals surface area contributed by atoms with Crippen LogP contribution in [0.25, 0.3) is 0 Å². The summed E-state index contributed by atoms with van der Waals surface area (Å²) in [6, 6.07) is 0. The normalized spacial score (nSPS) is 35.0. The Morgan fingerprint density at radius 3 is 2.07 bits per heavy atom. The number of alkyl halides is 2. The van der Waals surface area contributed by atoms with E-state index in [1.165, 1.54) is 0 Å². The van der Waals surface area contributed by atoms with Crippen LogP contribution in [0, 0.1) is 5.41 Å². The van der Waals surface area contributed by atoms with Crippen LogP contribution in [0.3, 0.4) is 0 Å². The van der Waals surface area contributed by atoms with Crippen molar-refractivity contribution in [3.63, 3.8) is 0 Å². The second-order valence-corrected chi connectivity index (χ2v) is 5.67. The third kappa shape index (κ3) is 1.28. The Bertz CT molecular complexity index is 319. The summed E-state index contributed by atoms with van der Waals surface area (Å²) >= 11 is 23.0. The molecule has 1 rings (SSSR count). The van der Waals surface area contributed by atoms with Crippen LogP contribution in [-0.4, -0.2) is 21.3 Å². The van der Waals surface area contributed by atoms with Crippen molar-refractivity contribution in [2.24, 2.45) is 5.41 Å². The molecule has 2 nitrogen and oxygen atoms in total. The monoisotopic (exact) mass is 276 g/mol. The quantitative estimate of drug-likeness (QED) is 0.746. The van der Waals surface area contributed by atoms with E-state index < -0.39 is 21.6 Å². The molecule has 1 aliphatic rings. The molecule has 2 atom stereocenters. The maximum Gasteiger partial charge on any atom is 0.329 e. The molecular weight excluding hydrogens is 270 g/mol. The van der Waals surface area contributed by atoms with Crippen LogP contribution in [0.1, 0.15) is 13.8 Å². The minimum Gasteiger partial charge on any atom is -0.480 e. The zero-order valence-corrected chi connectivity index (χ0v) is 10.5. The molecule has 0 heterocycles. The van der Waals surface area contributed by atoms with Crippen molar-refractivity contribution in [1.82, 2.24) is 0 Å². The summed E-state index contributed by atoms with van der Waals surface area (Å²) in [7, 11) is 0. The van der Waals surface area contributed by atoms with Gasteiger partial charge >= 0.3 is 5.97 Å². The van der Waals surface area contributed by atoms with Crippen LogP contribution < -0.4 is 0 Å². The Balaban J connectivity index is 3.29. The van der Waals surface area contributed by atoms with E-state index in [9.17, 15) is 4.79 Å². The lowest BCUT2D eigenvalue weighted by Crippen LogP contribution is -2.65. The second-order valence-electron chi connectivity index (χ2n) is 3.72. The molecule has 0 aromatic heterocycles. The van der Waals surface area contributed by atoms with Gasteiger partial charge in [0.2, 0.25) is 0 Å². The molecule has 1 N–H and O–H groups in total. The maximum absolute atomic E-state index is 11.0. The summed E-state index contributed by atoms with van der Waals surface area (Å²) in [5, 5.41) is 8.47. The summed E-state index contributed by atoms with van der Waals surface area (Å²) in [5.41, 5.74) is -0.617. The molecule has 14 heavy (non-hydrogen) atoms. The van der Waals surface area contributed by atoms with E-state index in [2.05, 4.69) is 0 Å². The maximum atomic E-state index is 11.0. The van der Waals surface area contributed by atoms with Crippen molar-refractivity contribution in [3.05, 3.63) is 10.1 Å². The van der Waals surface area contributed by atoms with E-state index in [1.54, 1.807) is 13.8 Å². The van der Waals surface area contributed by atoms with E-state index in [4.69, 9.17) is 51.5 Å². The van der Waals surface area contributed by atoms with E-state index in [-0.39, 0.29) is 10.1 Å². The summed E-state index contributed by atoms with van der Waals surface area (Å²) in [6.45, 7) is 3.32. The highest BCUT2D eigenvalue weighted by molar-refractivity contribution is 6.58. The number of halogens is 4. The highest BCUT2D eigenvalue weighted by Gasteiger charge is 2.68. The molecule has 0 aliphatic heterocycles. The van der Waals surface area contributed by atoms with Crippen LogP contribution >= 0.6 is 46.4 Å². The predicted octanol–water partition coefficient (Wildman–Crippen LogP) is 3.39. The third-order valence-corrected chi connectivity index (χ3v) is 4.67. The van der Waals surface area contributed by atoms with Gasteiger partial charge in [-0.25, -0.2) is 4.79 Å². The van der Waals surface area contributed by atoms with E-state index in [0.717, 1.165) is 0 Å². The first-order valence-corrected chi connectivity index (χ1v) is 5.36. The molecule has 0 amide bonds. The van der Waals surface area contributed by atoms with Crippen LogP contribution in [-0.2, 0) is 4.79 Å². The molecule has 0 bridgehead atoms. The molecular formula is C8H8Cl4O2. The van der Waals surface area contributed by atoms with Gasteiger partial charge in [-0.3, -0.25) is 0 Å². The highest BCUT2D eigenvalue weighted by atomic mass is 35.5. The number of carboxylic acid groups (broad SMARTS) is 1. The smallest absolute Gasteiger partial charge is 0.329 e. The molecule has 80 valence electrons. The number of carbonyl (C=O) groups is 1. The number of aliphatic carboxylic acids is 1. The third-order valence-electron chi connectivity index (χ3n) is 2.64. The SMILES string of the molecule is CC1(C)C(Cl)C(=C(Cl)Cl)C1(Cl)C(=O)O. The Morgan fingerprint density at radius 2 is 1.86 bits per heavy atom. The number of rotatable bonds is 1. The fraction of sp³-hybridized carbons (Fsp3) is 0.625. The Hall–Kier alpha value is 0.370. The van der Waals surface area contributed by atoms with Gasteiger partial charge in [-0.05, 0) is 0 Å². The molecule has 1 aliphatic carbocycles. The van der Waals surface area contributed by atoms with Gasteiger partial charge in [0.05, 0.1) is 5.38 Å². The summed E-state index contributed by atoms with van der Waals surface area (Å²) in [4.78, 5) is 9.44. The van der Waals surface area contributed by atoms with Gasteiger partial charge in [-0.2, -0.15) is 0 Å². The summed E-state index contributed by atoms with van der Waals surface area (Å²) in [6.07, 6.45) is 0. The van der Waals surface area contributed by atoms with Gasteiger partial charge in [0, 0.05) is 11.0 Å². The first-order valence-electron chi connectivity index (χ1n) is 3.79. The lowest BCUT2D eigenvalue weighted by atomic mass is 9.58. The van der Waals surface area contributed by atoms with Gasteiger partial charge in [-0.15, -0.1) is 23.2 Å². The Kier molecular flexibility index (Phi) is 3.06. The van der Waals surface area contributed by atoms with Crippen molar-refractivity contribution in [2.75, 3.05) is 0 Å². The van der Waals surface area contributed by atoms with Crippen molar-refractivity contribution in [3.8, 4) is 0 Å². The van der Waals surface area contributed by atoms with Crippen molar-refractivity contribution < 1.29 is 9.90 Å². The number of carboxylic acids is 1. The zero-order valence-electron chi connectivity index (χ0n) is 7.44. The average molecular weight is 278 g/mol. The molecule has 1 fully saturated rings. The van der Waals surface area contributed by atoms with E-state index in [0.29, 0.717) is 0 Å². The Labute approximate surface area is 102 Å². The minimum absolute atomic E-state index is 0.165. The molecule has 0 saturated heterocycles. The topological polar surface area (TPSA) is 37.3 Å². The van der Waals surface area contributed by atoms with Gasteiger partial charge in [-0.1, -0.05) is 37.0 Å². The van der Waals surface area contributed by atoms with E-state index >= 15 is 0 Å². The van der Waals surface area contributed by atoms with Gasteiger partial charge in [0.1, 0.15) is 4.49 Å².